The molecule has 0 aliphatic rings. The maximum Gasteiger partial charge on any atom is 0.291 e. The van der Waals surface area contributed by atoms with E-state index in [1.165, 1.54) is 19.3 Å². The van der Waals surface area contributed by atoms with Crippen molar-refractivity contribution in [1.29, 1.82) is 0 Å². The third-order valence-corrected chi connectivity index (χ3v) is 1.02. The standard InChI is InChI=1S/C6H7N3O3/c1-4(10)7-8-6(11)5-2-3-12-9-5/h2-3H,1H3,(H,7,10)(H,8,11). The fourth-order valence-corrected chi connectivity index (χ4v) is 0.538. The third-order valence-electron chi connectivity index (χ3n) is 1.02. The Hall–Kier alpha value is -1.85. The van der Waals surface area contributed by atoms with E-state index in [-0.39, 0.29) is 11.6 Å². The Morgan fingerprint density at radius 2 is 2.25 bits per heavy atom. The highest BCUT2D eigenvalue weighted by Gasteiger charge is 2.07. The number of rotatable bonds is 1. The predicted molar refractivity (Wildman–Crippen MR) is 37.8 cm³/mol. The molecule has 0 saturated heterocycles. The minimum atomic E-state index is -0.515. The van der Waals surface area contributed by atoms with Gasteiger partial charge in [0.1, 0.15) is 6.26 Å². The molecule has 0 spiro atoms. The summed E-state index contributed by atoms with van der Waals surface area (Å²) < 4.78 is 4.42. The Morgan fingerprint density at radius 1 is 1.50 bits per heavy atom. The van der Waals surface area contributed by atoms with Gasteiger partial charge in [-0.2, -0.15) is 0 Å². The first kappa shape index (κ1) is 8.25. The molecule has 6 nitrogen and oxygen atoms in total. The van der Waals surface area contributed by atoms with E-state index in [0.29, 0.717) is 0 Å². The summed E-state index contributed by atoms with van der Waals surface area (Å²) in [5.41, 5.74) is 4.35. The maximum atomic E-state index is 11.0. The average molecular weight is 169 g/mol. The maximum absolute atomic E-state index is 11.0. The van der Waals surface area contributed by atoms with Crippen LogP contribution in [0.4, 0.5) is 0 Å². The monoisotopic (exact) mass is 169 g/mol. The number of carbonyl (C=O) groups excluding carboxylic acids is 2. The Balaban J connectivity index is 2.45. The second-order valence-corrected chi connectivity index (χ2v) is 2.02. The zero-order chi connectivity index (χ0) is 8.97. The summed E-state index contributed by atoms with van der Waals surface area (Å²) >= 11 is 0. The molecule has 0 aliphatic carbocycles. The number of amides is 2. The smallest absolute Gasteiger partial charge is 0.291 e. The lowest BCUT2D eigenvalue weighted by Crippen LogP contribution is -2.40. The molecule has 1 aromatic heterocycles. The van der Waals surface area contributed by atoms with E-state index in [1.54, 1.807) is 0 Å². The number of aromatic nitrogens is 1. The molecule has 0 radical (unpaired) electrons. The number of carbonyl (C=O) groups is 2. The van der Waals surface area contributed by atoms with Crippen LogP contribution in [0.1, 0.15) is 17.4 Å². The molecule has 0 fully saturated rings. The Labute approximate surface area is 67.9 Å². The zero-order valence-electron chi connectivity index (χ0n) is 6.33. The Kier molecular flexibility index (Phi) is 2.42. The van der Waals surface area contributed by atoms with Crippen LogP contribution in [0.2, 0.25) is 0 Å². The molecule has 0 unspecified atom stereocenters. The van der Waals surface area contributed by atoms with Gasteiger partial charge in [0.15, 0.2) is 5.69 Å². The van der Waals surface area contributed by atoms with Crippen LogP contribution in [-0.4, -0.2) is 17.0 Å². The van der Waals surface area contributed by atoms with Gasteiger partial charge in [0.25, 0.3) is 5.91 Å². The summed E-state index contributed by atoms with van der Waals surface area (Å²) in [5, 5.41) is 3.36. The topological polar surface area (TPSA) is 84.2 Å². The van der Waals surface area contributed by atoms with Crippen LogP contribution in [0.3, 0.4) is 0 Å². The molecule has 1 rings (SSSR count). The molecule has 12 heavy (non-hydrogen) atoms. The van der Waals surface area contributed by atoms with Crippen molar-refractivity contribution in [3.05, 3.63) is 18.0 Å². The predicted octanol–water partition coefficient (Wildman–Crippen LogP) is -0.545. The van der Waals surface area contributed by atoms with Gasteiger partial charge in [-0.25, -0.2) is 0 Å². The van der Waals surface area contributed by atoms with Gasteiger partial charge in [-0.15, -0.1) is 0 Å². The lowest BCUT2D eigenvalue weighted by atomic mass is 10.4. The number of hydrogen-bond donors (Lipinski definition) is 2. The van der Waals surface area contributed by atoms with Gasteiger partial charge < -0.3 is 4.52 Å². The lowest BCUT2D eigenvalue weighted by molar-refractivity contribution is -0.119. The largest absolute Gasteiger partial charge is 0.364 e. The van der Waals surface area contributed by atoms with Crippen molar-refractivity contribution < 1.29 is 14.1 Å². The number of nitrogens with zero attached hydrogens (tertiary/aromatic N) is 1. The van der Waals surface area contributed by atoms with Gasteiger partial charge in [-0.1, -0.05) is 5.16 Å². The molecule has 0 atom stereocenters. The average Bonchev–Trinajstić information content (AvgIpc) is 2.51. The molecule has 64 valence electrons. The van der Waals surface area contributed by atoms with Crippen molar-refractivity contribution in [2.24, 2.45) is 0 Å². The number of hydrazine groups is 1. The molecule has 6 heteroatoms. The van der Waals surface area contributed by atoms with Crippen LogP contribution >= 0.6 is 0 Å². The van der Waals surface area contributed by atoms with Gasteiger partial charge in [-0.3, -0.25) is 20.4 Å². The Morgan fingerprint density at radius 3 is 2.75 bits per heavy atom. The molecule has 2 amide bonds. The van der Waals surface area contributed by atoms with E-state index in [4.69, 9.17) is 0 Å². The van der Waals surface area contributed by atoms with Crippen LogP contribution in [-0.2, 0) is 4.79 Å². The first-order valence-electron chi connectivity index (χ1n) is 3.17. The first-order chi connectivity index (χ1) is 5.70. The molecule has 0 saturated carbocycles. The van der Waals surface area contributed by atoms with Crippen molar-refractivity contribution in [2.75, 3.05) is 0 Å². The van der Waals surface area contributed by atoms with E-state index in [1.807, 2.05) is 0 Å². The quantitative estimate of drug-likeness (QED) is 0.553. The van der Waals surface area contributed by atoms with Crippen LogP contribution in [0.5, 0.6) is 0 Å². The normalized spacial score (nSPS) is 9.08. The van der Waals surface area contributed by atoms with Crippen LogP contribution in [0, 0.1) is 0 Å². The molecule has 0 bridgehead atoms. The summed E-state index contributed by atoms with van der Waals surface area (Å²) in [7, 11) is 0. The van der Waals surface area contributed by atoms with E-state index >= 15 is 0 Å². The molecule has 2 N–H and O–H groups in total. The van der Waals surface area contributed by atoms with Crippen molar-refractivity contribution in [1.82, 2.24) is 16.0 Å². The van der Waals surface area contributed by atoms with E-state index in [2.05, 4.69) is 20.5 Å². The summed E-state index contributed by atoms with van der Waals surface area (Å²) in [5.74, 6) is -0.870. The lowest BCUT2D eigenvalue weighted by Gasteiger charge is -2.00. The first-order valence-corrected chi connectivity index (χ1v) is 3.17. The summed E-state index contributed by atoms with van der Waals surface area (Å²) in [6.07, 6.45) is 1.27. The number of hydrogen-bond acceptors (Lipinski definition) is 4. The van der Waals surface area contributed by atoms with Gasteiger partial charge in [0, 0.05) is 13.0 Å². The molecular formula is C6H7N3O3. The zero-order valence-corrected chi connectivity index (χ0v) is 6.33. The highest BCUT2D eigenvalue weighted by atomic mass is 16.5. The van der Waals surface area contributed by atoms with Gasteiger partial charge >= 0.3 is 0 Å². The van der Waals surface area contributed by atoms with Gasteiger partial charge in [0.05, 0.1) is 0 Å². The molecular weight excluding hydrogens is 162 g/mol. The second-order valence-electron chi connectivity index (χ2n) is 2.02. The third kappa shape index (κ3) is 2.08. The van der Waals surface area contributed by atoms with Crippen LogP contribution in [0.25, 0.3) is 0 Å². The van der Waals surface area contributed by atoms with E-state index in [9.17, 15) is 9.59 Å². The van der Waals surface area contributed by atoms with Gasteiger partial charge in [-0.05, 0) is 0 Å². The minimum absolute atomic E-state index is 0.115. The highest BCUT2D eigenvalue weighted by Crippen LogP contribution is 1.91. The fourth-order valence-electron chi connectivity index (χ4n) is 0.538. The molecule has 1 heterocycles. The van der Waals surface area contributed by atoms with Crippen LogP contribution in [0.15, 0.2) is 16.9 Å². The number of nitrogens with one attached hydrogen (secondary N) is 2. The van der Waals surface area contributed by atoms with Crippen molar-refractivity contribution in [2.45, 2.75) is 6.92 Å². The SMILES string of the molecule is CC(=O)NNC(=O)c1ccon1. The van der Waals surface area contributed by atoms with Crippen molar-refractivity contribution in [3.63, 3.8) is 0 Å². The Bertz CT molecular complexity index is 280. The molecule has 1 aromatic rings. The summed E-state index contributed by atoms with van der Waals surface area (Å²) in [6.45, 7) is 1.28. The fraction of sp³-hybridized carbons (Fsp3) is 0.167. The molecule has 0 aromatic carbocycles. The second kappa shape index (κ2) is 3.51. The van der Waals surface area contributed by atoms with Crippen molar-refractivity contribution in [3.8, 4) is 0 Å². The summed E-state index contributed by atoms with van der Waals surface area (Å²) in [4.78, 5) is 21.3. The van der Waals surface area contributed by atoms with Crippen molar-refractivity contribution >= 4 is 11.8 Å². The van der Waals surface area contributed by atoms with Gasteiger partial charge in [0.2, 0.25) is 5.91 Å². The van der Waals surface area contributed by atoms with Crippen LogP contribution < -0.4 is 10.9 Å². The van der Waals surface area contributed by atoms with E-state index < -0.39 is 5.91 Å². The minimum Gasteiger partial charge on any atom is -0.364 e. The summed E-state index contributed by atoms with van der Waals surface area (Å²) in [6, 6.07) is 1.39. The highest BCUT2D eigenvalue weighted by molar-refractivity contribution is 5.93. The van der Waals surface area contributed by atoms with E-state index in [0.717, 1.165) is 0 Å². The molecule has 0 aliphatic heterocycles.